The number of rotatable bonds is 9. The van der Waals surface area contributed by atoms with Crippen LogP contribution in [0.4, 0.5) is 0 Å². The predicted molar refractivity (Wildman–Crippen MR) is 116 cm³/mol. The average Bonchev–Trinajstić information content (AvgIpc) is 3.07. The Hall–Kier alpha value is -3.02. The maximum atomic E-state index is 13.1. The minimum absolute atomic E-state index is 0.0552. The number of methoxy groups -OCH3 is 2. The van der Waals surface area contributed by atoms with E-state index in [1.165, 1.54) is 0 Å². The Kier molecular flexibility index (Phi) is 6.98. The maximum Gasteiger partial charge on any atom is 0.255 e. The van der Waals surface area contributed by atoms with Gasteiger partial charge in [-0.15, -0.1) is 0 Å². The molecule has 6 nitrogen and oxygen atoms in total. The first-order chi connectivity index (χ1) is 14.4. The molecule has 1 aliphatic heterocycles. The fourth-order valence-corrected chi connectivity index (χ4v) is 3.74. The number of carbonyl (C=O) groups excluding carboxylic acids is 2. The van der Waals surface area contributed by atoms with Gasteiger partial charge in [0.15, 0.2) is 11.5 Å². The number of hydrogen-bond donors (Lipinski definition) is 1. The molecule has 0 spiro atoms. The van der Waals surface area contributed by atoms with Gasteiger partial charge in [0.05, 0.1) is 26.7 Å². The monoisotopic (exact) mass is 410 g/mol. The molecule has 1 N–H and O–H groups in total. The lowest BCUT2D eigenvalue weighted by Gasteiger charge is -2.28. The molecule has 2 amide bonds. The van der Waals surface area contributed by atoms with Crippen LogP contribution in [0.2, 0.25) is 0 Å². The van der Waals surface area contributed by atoms with Crippen molar-refractivity contribution in [2.24, 2.45) is 5.92 Å². The van der Waals surface area contributed by atoms with Gasteiger partial charge in [-0.05, 0) is 41.7 Å². The highest BCUT2D eigenvalue weighted by Gasteiger charge is 2.34. The predicted octanol–water partition coefficient (Wildman–Crippen LogP) is 3.95. The standard InChI is InChI=1S/C24H30N2O4/c1-16(2)11-12-25-23(27)14-20(17-9-10-21(29-3)22(13-17)30-4)26-15-18-7-5-6-8-19(18)24(26)28/h5-10,13,16,20H,11-12,14-15H2,1-4H3,(H,25,27)/t20-/m0/s1. The van der Waals surface area contributed by atoms with Gasteiger partial charge >= 0.3 is 0 Å². The lowest BCUT2D eigenvalue weighted by molar-refractivity contribution is -0.122. The topological polar surface area (TPSA) is 67.9 Å². The third-order valence-electron chi connectivity index (χ3n) is 5.44. The molecule has 160 valence electrons. The van der Waals surface area contributed by atoms with Crippen molar-refractivity contribution in [1.29, 1.82) is 0 Å². The molecule has 3 rings (SSSR count). The second-order valence-electron chi connectivity index (χ2n) is 7.96. The van der Waals surface area contributed by atoms with Crippen LogP contribution in [0.25, 0.3) is 0 Å². The van der Waals surface area contributed by atoms with Crippen molar-refractivity contribution >= 4 is 11.8 Å². The minimum atomic E-state index is -0.399. The highest BCUT2D eigenvalue weighted by molar-refractivity contribution is 5.98. The van der Waals surface area contributed by atoms with Crippen LogP contribution in [-0.2, 0) is 11.3 Å². The van der Waals surface area contributed by atoms with Crippen molar-refractivity contribution in [2.45, 2.75) is 39.3 Å². The molecule has 2 aromatic carbocycles. The zero-order valence-electron chi connectivity index (χ0n) is 18.1. The van der Waals surface area contributed by atoms with E-state index in [-0.39, 0.29) is 18.2 Å². The largest absolute Gasteiger partial charge is 0.493 e. The van der Waals surface area contributed by atoms with E-state index in [1.807, 2.05) is 42.5 Å². The molecule has 1 atom stereocenters. The Balaban J connectivity index is 1.88. The number of hydrogen-bond acceptors (Lipinski definition) is 4. The molecule has 0 bridgehead atoms. The Labute approximate surface area is 178 Å². The van der Waals surface area contributed by atoms with Crippen molar-refractivity contribution in [2.75, 3.05) is 20.8 Å². The van der Waals surface area contributed by atoms with Gasteiger partial charge in [-0.1, -0.05) is 38.1 Å². The van der Waals surface area contributed by atoms with Crippen molar-refractivity contribution in [3.05, 3.63) is 59.2 Å². The van der Waals surface area contributed by atoms with Crippen LogP contribution in [0.5, 0.6) is 11.5 Å². The Morgan fingerprint density at radius 1 is 1.10 bits per heavy atom. The number of nitrogens with zero attached hydrogens (tertiary/aromatic N) is 1. The molecule has 30 heavy (non-hydrogen) atoms. The quantitative estimate of drug-likeness (QED) is 0.680. The van der Waals surface area contributed by atoms with Crippen LogP contribution in [-0.4, -0.2) is 37.5 Å². The molecule has 0 aliphatic carbocycles. The van der Waals surface area contributed by atoms with Gasteiger partial charge < -0.3 is 19.7 Å². The van der Waals surface area contributed by atoms with Crippen LogP contribution < -0.4 is 14.8 Å². The van der Waals surface area contributed by atoms with Crippen molar-refractivity contribution in [1.82, 2.24) is 10.2 Å². The summed E-state index contributed by atoms with van der Waals surface area (Å²) in [7, 11) is 3.16. The van der Waals surface area contributed by atoms with Crippen LogP contribution in [0.3, 0.4) is 0 Å². The van der Waals surface area contributed by atoms with E-state index in [0.717, 1.165) is 17.5 Å². The van der Waals surface area contributed by atoms with E-state index in [0.29, 0.717) is 36.1 Å². The smallest absolute Gasteiger partial charge is 0.255 e. The van der Waals surface area contributed by atoms with Crippen LogP contribution >= 0.6 is 0 Å². The van der Waals surface area contributed by atoms with Gasteiger partial charge in [0.1, 0.15) is 0 Å². The number of nitrogens with one attached hydrogen (secondary N) is 1. The van der Waals surface area contributed by atoms with Crippen LogP contribution in [0.1, 0.15) is 54.2 Å². The fourth-order valence-electron chi connectivity index (χ4n) is 3.74. The number of ether oxygens (including phenoxy) is 2. The van der Waals surface area contributed by atoms with Crippen LogP contribution in [0, 0.1) is 5.92 Å². The van der Waals surface area contributed by atoms with E-state index < -0.39 is 6.04 Å². The first kappa shape index (κ1) is 21.7. The van der Waals surface area contributed by atoms with E-state index in [9.17, 15) is 9.59 Å². The van der Waals surface area contributed by atoms with E-state index in [2.05, 4.69) is 19.2 Å². The van der Waals surface area contributed by atoms with Gasteiger partial charge in [-0.3, -0.25) is 9.59 Å². The highest BCUT2D eigenvalue weighted by Crippen LogP contribution is 2.37. The van der Waals surface area contributed by atoms with Gasteiger partial charge in [-0.2, -0.15) is 0 Å². The van der Waals surface area contributed by atoms with Gasteiger partial charge in [0.25, 0.3) is 5.91 Å². The number of amides is 2. The normalized spacial score (nSPS) is 13.9. The molecular formula is C24H30N2O4. The zero-order chi connectivity index (χ0) is 21.7. The Morgan fingerprint density at radius 2 is 1.83 bits per heavy atom. The van der Waals surface area contributed by atoms with E-state index >= 15 is 0 Å². The number of benzene rings is 2. The molecular weight excluding hydrogens is 380 g/mol. The van der Waals surface area contributed by atoms with Crippen LogP contribution in [0.15, 0.2) is 42.5 Å². The Morgan fingerprint density at radius 3 is 2.50 bits per heavy atom. The summed E-state index contributed by atoms with van der Waals surface area (Å²) >= 11 is 0. The molecule has 6 heteroatoms. The third kappa shape index (κ3) is 4.75. The summed E-state index contributed by atoms with van der Waals surface area (Å²) < 4.78 is 10.8. The molecule has 0 saturated carbocycles. The summed E-state index contributed by atoms with van der Waals surface area (Å²) in [4.78, 5) is 27.6. The summed E-state index contributed by atoms with van der Waals surface area (Å²) in [5, 5.41) is 2.99. The summed E-state index contributed by atoms with van der Waals surface area (Å²) in [6.45, 7) is 5.36. The lowest BCUT2D eigenvalue weighted by Crippen LogP contribution is -2.34. The molecule has 0 aromatic heterocycles. The first-order valence-electron chi connectivity index (χ1n) is 10.3. The van der Waals surface area contributed by atoms with Gasteiger partial charge in [0.2, 0.25) is 5.91 Å². The number of carbonyl (C=O) groups is 2. The van der Waals surface area contributed by atoms with Crippen molar-refractivity contribution < 1.29 is 19.1 Å². The molecule has 1 heterocycles. The third-order valence-corrected chi connectivity index (χ3v) is 5.44. The molecule has 1 aliphatic rings. The Bertz CT molecular complexity index is 910. The summed E-state index contributed by atoms with van der Waals surface area (Å²) in [5.41, 5.74) is 2.52. The zero-order valence-corrected chi connectivity index (χ0v) is 18.1. The molecule has 2 aromatic rings. The van der Waals surface area contributed by atoms with E-state index in [1.54, 1.807) is 19.1 Å². The summed E-state index contributed by atoms with van der Waals surface area (Å²) in [5.74, 6) is 1.57. The van der Waals surface area contributed by atoms with Crippen molar-refractivity contribution in [3.8, 4) is 11.5 Å². The first-order valence-corrected chi connectivity index (χ1v) is 10.3. The van der Waals surface area contributed by atoms with Gasteiger partial charge in [0, 0.05) is 18.7 Å². The second-order valence-corrected chi connectivity index (χ2v) is 7.96. The average molecular weight is 411 g/mol. The van der Waals surface area contributed by atoms with Crippen molar-refractivity contribution in [3.63, 3.8) is 0 Å². The SMILES string of the molecule is COc1ccc([C@H](CC(=O)NCCC(C)C)N2Cc3ccccc3C2=O)cc1OC. The molecule has 0 fully saturated rings. The lowest BCUT2D eigenvalue weighted by atomic mass is 10.0. The molecule has 0 saturated heterocycles. The maximum absolute atomic E-state index is 13.1. The fraction of sp³-hybridized carbons (Fsp3) is 0.417. The van der Waals surface area contributed by atoms with Gasteiger partial charge in [-0.25, -0.2) is 0 Å². The van der Waals surface area contributed by atoms with E-state index in [4.69, 9.17) is 9.47 Å². The molecule has 0 unspecified atom stereocenters. The summed E-state index contributed by atoms with van der Waals surface area (Å²) in [6, 6.07) is 12.7. The summed E-state index contributed by atoms with van der Waals surface area (Å²) in [6.07, 6.45) is 1.11. The number of fused-ring (bicyclic) bond motifs is 1. The second kappa shape index (κ2) is 9.65. The highest BCUT2D eigenvalue weighted by atomic mass is 16.5. The minimum Gasteiger partial charge on any atom is -0.493 e. The molecule has 0 radical (unpaired) electrons.